The van der Waals surface area contributed by atoms with Crippen molar-refractivity contribution in [3.8, 4) is 0 Å². The standard InChI is InChI=1S/C20H40O11/c1-23-4-5-25-8-9-27-12-13-29-16-17-31-19-18-30-15-14-28-11-10-26-7-6-24-3-2-20(21)22/h2-19H2,1H3,(H,21,22). The van der Waals surface area contributed by atoms with Crippen LogP contribution in [0.25, 0.3) is 0 Å². The Hall–Kier alpha value is -0.890. The van der Waals surface area contributed by atoms with Gasteiger partial charge >= 0.3 is 5.97 Å². The molecule has 0 heterocycles. The molecule has 0 unspecified atom stereocenters. The summed E-state index contributed by atoms with van der Waals surface area (Å²) in [6, 6.07) is 0. The van der Waals surface area contributed by atoms with Crippen molar-refractivity contribution in [2.45, 2.75) is 6.42 Å². The van der Waals surface area contributed by atoms with Crippen LogP contribution >= 0.6 is 0 Å². The number of aliphatic carboxylic acids is 1. The van der Waals surface area contributed by atoms with E-state index in [4.69, 9.17) is 47.7 Å². The van der Waals surface area contributed by atoms with E-state index in [0.29, 0.717) is 106 Å². The third-order valence-corrected chi connectivity index (χ3v) is 3.50. The zero-order chi connectivity index (χ0) is 22.7. The van der Waals surface area contributed by atoms with Crippen LogP contribution < -0.4 is 0 Å². The third kappa shape index (κ3) is 29.1. The van der Waals surface area contributed by atoms with Gasteiger partial charge in [-0.2, -0.15) is 0 Å². The Morgan fingerprint density at radius 2 is 0.677 bits per heavy atom. The minimum absolute atomic E-state index is 0.00441. The number of hydrogen-bond donors (Lipinski definition) is 1. The SMILES string of the molecule is COCCOCCOCCOCCOCCOCCOCCOCCOCCC(=O)O. The highest BCUT2D eigenvalue weighted by molar-refractivity contribution is 5.66. The van der Waals surface area contributed by atoms with Crippen molar-refractivity contribution in [3.63, 3.8) is 0 Å². The van der Waals surface area contributed by atoms with Gasteiger partial charge < -0.3 is 47.7 Å². The fourth-order valence-electron chi connectivity index (χ4n) is 1.94. The maximum atomic E-state index is 10.3. The van der Waals surface area contributed by atoms with Crippen molar-refractivity contribution in [3.05, 3.63) is 0 Å². The number of ether oxygens (including phenoxy) is 9. The summed E-state index contributed by atoms with van der Waals surface area (Å²) in [6.45, 7) is 8.24. The van der Waals surface area contributed by atoms with E-state index in [9.17, 15) is 4.79 Å². The molecular weight excluding hydrogens is 416 g/mol. The first kappa shape index (κ1) is 30.1. The van der Waals surface area contributed by atoms with E-state index in [0.717, 1.165) is 0 Å². The molecule has 0 spiro atoms. The molecule has 0 saturated heterocycles. The van der Waals surface area contributed by atoms with E-state index in [-0.39, 0.29) is 13.0 Å². The van der Waals surface area contributed by atoms with Crippen molar-refractivity contribution in [1.82, 2.24) is 0 Å². The number of rotatable bonds is 27. The van der Waals surface area contributed by atoms with Crippen molar-refractivity contribution < 1.29 is 52.5 Å². The van der Waals surface area contributed by atoms with Crippen LogP contribution in [0.3, 0.4) is 0 Å². The Morgan fingerprint density at radius 1 is 0.452 bits per heavy atom. The summed E-state index contributed by atoms with van der Waals surface area (Å²) in [6.07, 6.45) is 0.00441. The Balaban J connectivity index is 3.00. The second-order valence-electron chi connectivity index (χ2n) is 6.04. The lowest BCUT2D eigenvalue weighted by Gasteiger charge is -2.08. The van der Waals surface area contributed by atoms with Gasteiger partial charge in [-0.05, 0) is 0 Å². The molecule has 0 rings (SSSR count). The van der Waals surface area contributed by atoms with Gasteiger partial charge in [-0.3, -0.25) is 4.79 Å². The van der Waals surface area contributed by atoms with Crippen LogP contribution in [0.15, 0.2) is 0 Å². The van der Waals surface area contributed by atoms with Crippen LogP contribution in [0, 0.1) is 0 Å². The quantitative estimate of drug-likeness (QED) is 0.171. The molecule has 0 radical (unpaired) electrons. The molecule has 0 aromatic rings. The van der Waals surface area contributed by atoms with Gasteiger partial charge in [0, 0.05) is 7.11 Å². The summed E-state index contributed by atoms with van der Waals surface area (Å²) in [5.74, 6) is -0.870. The number of hydrogen-bond acceptors (Lipinski definition) is 10. The normalized spacial score (nSPS) is 11.3. The molecule has 31 heavy (non-hydrogen) atoms. The second kappa shape index (κ2) is 27.1. The fraction of sp³-hybridized carbons (Fsp3) is 0.950. The monoisotopic (exact) mass is 456 g/mol. The summed E-state index contributed by atoms with van der Waals surface area (Å²) < 4.78 is 47.4. The smallest absolute Gasteiger partial charge is 0.305 e. The number of methoxy groups -OCH3 is 1. The second-order valence-corrected chi connectivity index (χ2v) is 6.04. The Kier molecular flexibility index (Phi) is 26.4. The molecule has 0 fully saturated rings. The predicted molar refractivity (Wildman–Crippen MR) is 111 cm³/mol. The first-order valence-electron chi connectivity index (χ1n) is 10.6. The van der Waals surface area contributed by atoms with Crippen molar-refractivity contribution in [2.24, 2.45) is 0 Å². The van der Waals surface area contributed by atoms with Crippen molar-refractivity contribution >= 4 is 5.97 Å². The van der Waals surface area contributed by atoms with E-state index in [1.54, 1.807) is 7.11 Å². The van der Waals surface area contributed by atoms with E-state index >= 15 is 0 Å². The predicted octanol–water partition coefficient (Wildman–Crippen LogP) is 0.240. The lowest BCUT2D eigenvalue weighted by molar-refractivity contribution is -0.138. The molecule has 0 amide bonds. The molecule has 186 valence electrons. The van der Waals surface area contributed by atoms with Crippen LogP contribution in [0.4, 0.5) is 0 Å². The number of carboxylic acids is 1. The van der Waals surface area contributed by atoms with Gasteiger partial charge in [0.25, 0.3) is 0 Å². The molecule has 11 nitrogen and oxygen atoms in total. The van der Waals surface area contributed by atoms with E-state index in [1.807, 2.05) is 0 Å². The minimum Gasteiger partial charge on any atom is -0.481 e. The summed E-state index contributed by atoms with van der Waals surface area (Å²) in [5.41, 5.74) is 0. The van der Waals surface area contributed by atoms with Gasteiger partial charge in [-0.15, -0.1) is 0 Å². The largest absolute Gasteiger partial charge is 0.481 e. The molecular formula is C20H40O11. The van der Waals surface area contributed by atoms with Gasteiger partial charge in [0.1, 0.15) is 0 Å². The van der Waals surface area contributed by atoms with E-state index in [1.165, 1.54) is 0 Å². The third-order valence-electron chi connectivity index (χ3n) is 3.50. The van der Waals surface area contributed by atoms with Crippen LogP contribution in [0.1, 0.15) is 6.42 Å². The summed E-state index contributed by atoms with van der Waals surface area (Å²) >= 11 is 0. The zero-order valence-electron chi connectivity index (χ0n) is 18.8. The topological polar surface area (TPSA) is 120 Å². The highest BCUT2D eigenvalue weighted by Gasteiger charge is 1.97. The molecule has 0 saturated carbocycles. The fourth-order valence-corrected chi connectivity index (χ4v) is 1.94. The van der Waals surface area contributed by atoms with Gasteiger partial charge in [-0.25, -0.2) is 0 Å². The van der Waals surface area contributed by atoms with Gasteiger partial charge in [-0.1, -0.05) is 0 Å². The summed E-state index contributed by atoms with van der Waals surface area (Å²) in [5, 5.41) is 8.44. The van der Waals surface area contributed by atoms with Crippen LogP contribution in [0.2, 0.25) is 0 Å². The van der Waals surface area contributed by atoms with Crippen LogP contribution in [-0.4, -0.2) is 131 Å². The number of carboxylic acid groups (broad SMARTS) is 1. The van der Waals surface area contributed by atoms with Gasteiger partial charge in [0.05, 0.1) is 119 Å². The van der Waals surface area contributed by atoms with Crippen LogP contribution in [0.5, 0.6) is 0 Å². The lowest BCUT2D eigenvalue weighted by atomic mass is 10.5. The van der Waals surface area contributed by atoms with Gasteiger partial charge in [0.2, 0.25) is 0 Å². The molecule has 0 aliphatic carbocycles. The first-order valence-corrected chi connectivity index (χ1v) is 10.6. The maximum Gasteiger partial charge on any atom is 0.305 e. The number of carbonyl (C=O) groups is 1. The Morgan fingerprint density at radius 3 is 0.903 bits per heavy atom. The molecule has 0 bridgehead atoms. The highest BCUT2D eigenvalue weighted by Crippen LogP contribution is 1.86. The molecule has 1 N–H and O–H groups in total. The zero-order valence-corrected chi connectivity index (χ0v) is 18.8. The van der Waals surface area contributed by atoms with E-state index < -0.39 is 5.97 Å². The Labute approximate surface area is 185 Å². The highest BCUT2D eigenvalue weighted by atomic mass is 16.6. The summed E-state index contributed by atoms with van der Waals surface area (Å²) in [7, 11) is 1.64. The maximum absolute atomic E-state index is 10.3. The molecule has 0 aliphatic rings. The molecule has 11 heteroatoms. The molecule has 0 aliphatic heterocycles. The van der Waals surface area contributed by atoms with E-state index in [2.05, 4.69) is 0 Å². The average Bonchev–Trinajstić information content (AvgIpc) is 2.76. The summed E-state index contributed by atoms with van der Waals surface area (Å²) in [4.78, 5) is 10.3. The molecule has 0 aromatic heterocycles. The lowest BCUT2D eigenvalue weighted by Crippen LogP contribution is -2.15. The average molecular weight is 457 g/mol. The van der Waals surface area contributed by atoms with Crippen molar-refractivity contribution in [1.29, 1.82) is 0 Å². The van der Waals surface area contributed by atoms with Crippen LogP contribution in [-0.2, 0) is 47.4 Å². The Bertz CT molecular complexity index is 358. The first-order chi connectivity index (χ1) is 15.3. The minimum atomic E-state index is -0.870. The molecule has 0 atom stereocenters. The van der Waals surface area contributed by atoms with Crippen molar-refractivity contribution in [2.75, 3.05) is 119 Å². The molecule has 0 aromatic carbocycles. The van der Waals surface area contributed by atoms with Gasteiger partial charge in [0.15, 0.2) is 0 Å².